The molecule has 0 saturated heterocycles. The first-order valence-electron chi connectivity index (χ1n) is 12.6. The van der Waals surface area contributed by atoms with Crippen molar-refractivity contribution in [3.63, 3.8) is 0 Å². The molecular formula is C26H52O5. The van der Waals surface area contributed by atoms with E-state index in [1.54, 1.807) is 0 Å². The predicted molar refractivity (Wildman–Crippen MR) is 129 cm³/mol. The molecule has 0 aromatic rings. The maximum absolute atomic E-state index is 9.68. The van der Waals surface area contributed by atoms with E-state index in [0.29, 0.717) is 6.61 Å². The highest BCUT2D eigenvalue weighted by Gasteiger charge is 2.23. The zero-order chi connectivity index (χ0) is 23.6. The number of ether oxygens (including phenoxy) is 1. The van der Waals surface area contributed by atoms with Gasteiger partial charge in [0.05, 0.1) is 19.8 Å². The number of aliphatic hydroxyl groups excluding tert-OH is 4. The second kappa shape index (κ2) is 19.0. The normalized spacial score (nSPS) is 17.5. The Hall–Kier alpha value is -0.460. The molecule has 2 unspecified atom stereocenters. The van der Waals surface area contributed by atoms with E-state index in [1.807, 2.05) is 0 Å². The molecular weight excluding hydrogens is 392 g/mol. The molecule has 31 heavy (non-hydrogen) atoms. The summed E-state index contributed by atoms with van der Waals surface area (Å²) in [7, 11) is 0. The number of aliphatic hydroxyl groups is 4. The van der Waals surface area contributed by atoms with Crippen LogP contribution in [0.1, 0.15) is 98.8 Å². The summed E-state index contributed by atoms with van der Waals surface area (Å²) in [6.45, 7) is 11.4. The lowest BCUT2D eigenvalue weighted by atomic mass is 9.91. The molecule has 0 aliphatic carbocycles. The molecule has 5 nitrogen and oxygen atoms in total. The molecule has 0 radical (unpaired) electrons. The van der Waals surface area contributed by atoms with Crippen LogP contribution in [-0.2, 0) is 4.74 Å². The van der Waals surface area contributed by atoms with Crippen LogP contribution in [0, 0.1) is 17.8 Å². The van der Waals surface area contributed by atoms with Crippen LogP contribution in [0.5, 0.6) is 0 Å². The molecule has 0 bridgehead atoms. The highest BCUT2D eigenvalue weighted by molar-refractivity contribution is 4.97. The van der Waals surface area contributed by atoms with Crippen molar-refractivity contribution in [2.24, 2.45) is 17.8 Å². The van der Waals surface area contributed by atoms with E-state index in [0.717, 1.165) is 30.6 Å². The second-order valence-electron chi connectivity index (χ2n) is 10.1. The van der Waals surface area contributed by atoms with Crippen LogP contribution in [0.25, 0.3) is 0 Å². The van der Waals surface area contributed by atoms with Crippen LogP contribution < -0.4 is 0 Å². The SMILES string of the molecule is CC(=CCCOC[C@H](O)[C@@H](O)[C@H](O)CO)CCCC(C)CCCC(C)CCCC(C)C. The highest BCUT2D eigenvalue weighted by Crippen LogP contribution is 2.22. The third kappa shape index (κ3) is 17.7. The van der Waals surface area contributed by atoms with E-state index in [4.69, 9.17) is 9.84 Å². The van der Waals surface area contributed by atoms with Gasteiger partial charge in [0, 0.05) is 0 Å². The Kier molecular flexibility index (Phi) is 18.8. The van der Waals surface area contributed by atoms with Gasteiger partial charge in [0.1, 0.15) is 18.3 Å². The molecule has 0 spiro atoms. The fraction of sp³-hybridized carbons (Fsp3) is 0.923. The Morgan fingerprint density at radius 3 is 1.90 bits per heavy atom. The molecule has 0 fully saturated rings. The lowest BCUT2D eigenvalue weighted by Crippen LogP contribution is -2.41. The van der Waals surface area contributed by atoms with E-state index in [1.165, 1.54) is 56.9 Å². The van der Waals surface area contributed by atoms with Crippen molar-refractivity contribution in [3.8, 4) is 0 Å². The van der Waals surface area contributed by atoms with E-state index >= 15 is 0 Å². The maximum atomic E-state index is 9.68. The summed E-state index contributed by atoms with van der Waals surface area (Å²) in [5.74, 6) is 2.49. The molecule has 4 N–H and O–H groups in total. The molecule has 0 aliphatic rings. The molecule has 0 aliphatic heterocycles. The van der Waals surface area contributed by atoms with Gasteiger partial charge in [0.25, 0.3) is 0 Å². The summed E-state index contributed by atoms with van der Waals surface area (Å²) in [5, 5.41) is 37.3. The van der Waals surface area contributed by atoms with Crippen LogP contribution in [0.2, 0.25) is 0 Å². The monoisotopic (exact) mass is 444 g/mol. The van der Waals surface area contributed by atoms with Gasteiger partial charge in [0.15, 0.2) is 0 Å². The summed E-state index contributed by atoms with van der Waals surface area (Å²) < 4.78 is 5.36. The first-order chi connectivity index (χ1) is 14.7. The van der Waals surface area contributed by atoms with Gasteiger partial charge in [-0.25, -0.2) is 0 Å². The predicted octanol–water partition coefficient (Wildman–Crippen LogP) is 4.85. The van der Waals surface area contributed by atoms with Crippen molar-refractivity contribution in [2.45, 2.75) is 117 Å². The topological polar surface area (TPSA) is 90.2 Å². The van der Waals surface area contributed by atoms with Crippen molar-refractivity contribution in [1.82, 2.24) is 0 Å². The number of hydrogen-bond donors (Lipinski definition) is 4. The molecule has 0 amide bonds. The third-order valence-electron chi connectivity index (χ3n) is 6.16. The number of rotatable bonds is 20. The van der Waals surface area contributed by atoms with Gasteiger partial charge in [-0.05, 0) is 43.9 Å². The van der Waals surface area contributed by atoms with Crippen LogP contribution >= 0.6 is 0 Å². The number of hydrogen-bond acceptors (Lipinski definition) is 5. The van der Waals surface area contributed by atoms with Crippen LogP contribution in [0.3, 0.4) is 0 Å². The van der Waals surface area contributed by atoms with Gasteiger partial charge in [-0.15, -0.1) is 0 Å². The molecule has 0 rings (SSSR count). The Balaban J connectivity index is 3.74. The fourth-order valence-electron chi connectivity index (χ4n) is 3.87. The largest absolute Gasteiger partial charge is 0.394 e. The smallest absolute Gasteiger partial charge is 0.110 e. The average Bonchev–Trinajstić information content (AvgIpc) is 2.71. The zero-order valence-corrected chi connectivity index (χ0v) is 20.9. The summed E-state index contributed by atoms with van der Waals surface area (Å²) in [6, 6.07) is 0. The van der Waals surface area contributed by atoms with Gasteiger partial charge < -0.3 is 25.2 Å². The maximum Gasteiger partial charge on any atom is 0.110 e. The molecule has 5 heteroatoms. The van der Waals surface area contributed by atoms with Gasteiger partial charge >= 0.3 is 0 Å². The number of allylic oxidation sites excluding steroid dienone is 1. The Morgan fingerprint density at radius 2 is 1.35 bits per heavy atom. The summed E-state index contributed by atoms with van der Waals surface area (Å²) >= 11 is 0. The first kappa shape index (κ1) is 30.5. The quantitative estimate of drug-likeness (QED) is 0.159. The Bertz CT molecular complexity index is 438. The highest BCUT2D eigenvalue weighted by atomic mass is 16.5. The van der Waals surface area contributed by atoms with E-state index in [-0.39, 0.29) is 6.61 Å². The van der Waals surface area contributed by atoms with Crippen molar-refractivity contribution in [3.05, 3.63) is 11.6 Å². The second-order valence-corrected chi connectivity index (χ2v) is 10.1. The van der Waals surface area contributed by atoms with Crippen molar-refractivity contribution in [2.75, 3.05) is 19.8 Å². The van der Waals surface area contributed by atoms with Crippen LogP contribution in [0.15, 0.2) is 11.6 Å². The average molecular weight is 445 g/mol. The molecule has 0 aromatic heterocycles. The molecule has 0 saturated carbocycles. The van der Waals surface area contributed by atoms with Crippen LogP contribution in [-0.4, -0.2) is 58.6 Å². The van der Waals surface area contributed by atoms with Crippen molar-refractivity contribution in [1.29, 1.82) is 0 Å². The first-order valence-corrected chi connectivity index (χ1v) is 12.6. The summed E-state index contributed by atoms with van der Waals surface area (Å²) in [6.07, 6.45) is 10.8. The van der Waals surface area contributed by atoms with Crippen LogP contribution in [0.4, 0.5) is 0 Å². The fourth-order valence-corrected chi connectivity index (χ4v) is 3.87. The molecule has 0 aromatic carbocycles. The van der Waals surface area contributed by atoms with Gasteiger partial charge in [-0.3, -0.25) is 0 Å². The van der Waals surface area contributed by atoms with Gasteiger partial charge in [-0.1, -0.05) is 84.3 Å². The minimum Gasteiger partial charge on any atom is -0.394 e. The van der Waals surface area contributed by atoms with E-state index in [9.17, 15) is 15.3 Å². The van der Waals surface area contributed by atoms with E-state index < -0.39 is 24.9 Å². The Labute approximate surface area is 191 Å². The third-order valence-corrected chi connectivity index (χ3v) is 6.16. The van der Waals surface area contributed by atoms with Gasteiger partial charge in [-0.2, -0.15) is 0 Å². The lowest BCUT2D eigenvalue weighted by molar-refractivity contribution is -0.0992. The Morgan fingerprint density at radius 1 is 0.806 bits per heavy atom. The van der Waals surface area contributed by atoms with Crippen molar-refractivity contribution >= 4 is 0 Å². The standard InChI is InChI=1S/C26H52O5/c1-20(2)10-6-11-21(3)12-7-13-22(4)14-8-15-23(5)16-9-17-31-19-25(29)26(30)24(28)18-27/h16,20-22,24-30H,6-15,17-19H2,1-5H3/t21?,22?,24-,25+,26+/m1/s1. The molecule has 5 atom stereocenters. The molecule has 0 heterocycles. The van der Waals surface area contributed by atoms with Crippen molar-refractivity contribution < 1.29 is 25.2 Å². The molecule has 186 valence electrons. The van der Waals surface area contributed by atoms with Gasteiger partial charge in [0.2, 0.25) is 0 Å². The lowest BCUT2D eigenvalue weighted by Gasteiger charge is -2.21. The van der Waals surface area contributed by atoms with E-state index in [2.05, 4.69) is 40.7 Å². The summed E-state index contributed by atoms with van der Waals surface area (Å²) in [5.41, 5.74) is 1.37. The zero-order valence-electron chi connectivity index (χ0n) is 20.9. The minimum atomic E-state index is -1.39. The minimum absolute atomic E-state index is 0.0566. The summed E-state index contributed by atoms with van der Waals surface area (Å²) in [4.78, 5) is 0.